The van der Waals surface area contributed by atoms with Crippen LogP contribution in [0.1, 0.15) is 74.5 Å². The van der Waals surface area contributed by atoms with Crippen LogP contribution in [0, 0.1) is 40.6 Å². The van der Waals surface area contributed by atoms with Crippen molar-refractivity contribution >= 4 is 0 Å². The Balaban J connectivity index is 0.00000150. The smallest absolute Gasteiger partial charge is 0.400 e. The van der Waals surface area contributed by atoms with Gasteiger partial charge in [0.25, 0.3) is 0 Å². The van der Waals surface area contributed by atoms with Crippen LogP contribution in [0.3, 0.4) is 0 Å². The van der Waals surface area contributed by atoms with Gasteiger partial charge in [-0.25, -0.2) is 13.2 Å². The molecule has 0 heterocycles. The molecule has 1 spiro atoms. The molecule has 0 atom stereocenters. The topological polar surface area (TPSA) is 9.23 Å². The molecule has 3 aliphatic rings. The molecule has 0 radical (unpaired) electrons. The molecule has 28 heavy (non-hydrogen) atoms. The highest BCUT2D eigenvalue weighted by Gasteiger charge is 2.48. The molecular formula is C22H33F5O. The van der Waals surface area contributed by atoms with E-state index in [1.807, 2.05) is 0 Å². The standard InChI is InChI=1S/C21H25F5O.CH4.2H2/c22-17-11-16(12-18(23)19(17)24)27-21(25,26)15-3-1-13(2-4-15)14-5-7-20(8-6-14)9-10-20;;;/h11-15H,1-10H2;1H4;2*1H. The maximum absolute atomic E-state index is 14.5. The van der Waals surface area contributed by atoms with Gasteiger partial charge in [0.05, 0.1) is 5.92 Å². The summed E-state index contributed by atoms with van der Waals surface area (Å²) in [6.45, 7) is 0. The third-order valence-electron chi connectivity index (χ3n) is 7.17. The number of rotatable bonds is 4. The zero-order valence-electron chi connectivity index (χ0n) is 15.3. The molecule has 0 bridgehead atoms. The number of halogens is 5. The number of hydrogen-bond donors (Lipinski definition) is 0. The molecule has 4 rings (SSSR count). The third-order valence-corrected chi connectivity index (χ3v) is 7.17. The molecule has 0 aliphatic heterocycles. The minimum absolute atomic E-state index is 0. The van der Waals surface area contributed by atoms with Crippen molar-refractivity contribution < 1.29 is 29.5 Å². The second kappa shape index (κ2) is 7.83. The third kappa shape index (κ3) is 4.30. The SMILES string of the molecule is C.Fc1cc(OC(F)(F)C2CCC(C3CCC4(CC3)CC4)CC2)cc(F)c1F.[HH].[HH]. The average molecular weight is 408 g/mol. The maximum atomic E-state index is 14.5. The Morgan fingerprint density at radius 2 is 1.32 bits per heavy atom. The first-order valence-electron chi connectivity index (χ1n) is 9.99. The van der Waals surface area contributed by atoms with Crippen molar-refractivity contribution in [3.63, 3.8) is 0 Å². The van der Waals surface area contributed by atoms with Crippen LogP contribution < -0.4 is 4.74 Å². The van der Waals surface area contributed by atoms with Gasteiger partial charge < -0.3 is 4.74 Å². The fourth-order valence-corrected chi connectivity index (χ4v) is 5.16. The first kappa shape index (κ1) is 21.4. The first-order valence-corrected chi connectivity index (χ1v) is 9.99. The predicted octanol–water partition coefficient (Wildman–Crippen LogP) is 7.98. The van der Waals surface area contributed by atoms with E-state index in [0.29, 0.717) is 42.2 Å². The van der Waals surface area contributed by atoms with Gasteiger partial charge in [0.15, 0.2) is 17.5 Å². The van der Waals surface area contributed by atoms with Crippen molar-refractivity contribution in [2.24, 2.45) is 23.2 Å². The molecule has 0 amide bonds. The molecule has 0 unspecified atom stereocenters. The minimum atomic E-state index is -3.52. The lowest BCUT2D eigenvalue weighted by Crippen LogP contribution is -2.38. The van der Waals surface area contributed by atoms with Crippen LogP contribution in [0.25, 0.3) is 0 Å². The monoisotopic (exact) mass is 408 g/mol. The van der Waals surface area contributed by atoms with Gasteiger partial charge in [-0.3, -0.25) is 0 Å². The number of hydrogen-bond acceptors (Lipinski definition) is 1. The number of benzene rings is 1. The summed E-state index contributed by atoms with van der Waals surface area (Å²) in [5.41, 5.74) is 0.633. The Labute approximate surface area is 166 Å². The molecule has 1 aromatic carbocycles. The van der Waals surface area contributed by atoms with E-state index in [2.05, 4.69) is 4.74 Å². The second-order valence-electron chi connectivity index (χ2n) is 8.81. The van der Waals surface area contributed by atoms with E-state index >= 15 is 0 Å². The molecule has 6 heteroatoms. The Morgan fingerprint density at radius 3 is 1.82 bits per heavy atom. The zero-order valence-corrected chi connectivity index (χ0v) is 15.3. The Bertz CT molecular complexity index is 670. The lowest BCUT2D eigenvalue weighted by atomic mass is 9.68. The van der Waals surface area contributed by atoms with E-state index in [1.54, 1.807) is 0 Å². The summed E-state index contributed by atoms with van der Waals surface area (Å²) >= 11 is 0. The molecule has 3 saturated carbocycles. The fraction of sp³-hybridized carbons (Fsp3) is 0.727. The molecule has 0 N–H and O–H groups in total. The molecule has 1 aromatic rings. The van der Waals surface area contributed by atoms with E-state index in [4.69, 9.17) is 0 Å². The van der Waals surface area contributed by atoms with Crippen molar-refractivity contribution in [3.05, 3.63) is 29.6 Å². The van der Waals surface area contributed by atoms with Gasteiger partial charge in [-0.05, 0) is 81.5 Å². The highest BCUT2D eigenvalue weighted by Crippen LogP contribution is 2.59. The molecule has 162 valence electrons. The minimum Gasteiger partial charge on any atom is -0.432 e. The van der Waals surface area contributed by atoms with Gasteiger partial charge >= 0.3 is 6.11 Å². The molecule has 0 aromatic heterocycles. The van der Waals surface area contributed by atoms with Gasteiger partial charge in [0.1, 0.15) is 5.75 Å². The Kier molecular flexibility index (Phi) is 5.98. The largest absolute Gasteiger partial charge is 0.432 e. The van der Waals surface area contributed by atoms with Crippen LogP contribution in [0.5, 0.6) is 5.75 Å². The molecule has 3 aliphatic carbocycles. The summed E-state index contributed by atoms with van der Waals surface area (Å²) in [6, 6.07) is 0.932. The predicted molar refractivity (Wildman–Crippen MR) is 102 cm³/mol. The van der Waals surface area contributed by atoms with Crippen LogP contribution in [-0.2, 0) is 0 Å². The van der Waals surface area contributed by atoms with Crippen LogP contribution >= 0.6 is 0 Å². The number of alkyl halides is 2. The average Bonchev–Trinajstić information content (AvgIpc) is 3.39. The zero-order chi connectivity index (χ0) is 19.2. The van der Waals surface area contributed by atoms with Crippen LogP contribution in [-0.4, -0.2) is 6.11 Å². The highest BCUT2D eigenvalue weighted by molar-refractivity contribution is 5.25. The van der Waals surface area contributed by atoms with Gasteiger partial charge in [0.2, 0.25) is 0 Å². The summed E-state index contributed by atoms with van der Waals surface area (Å²) in [5, 5.41) is 0. The van der Waals surface area contributed by atoms with E-state index in [-0.39, 0.29) is 10.3 Å². The normalized spacial score (nSPS) is 27.3. The van der Waals surface area contributed by atoms with E-state index in [1.165, 1.54) is 38.5 Å². The summed E-state index contributed by atoms with van der Waals surface area (Å²) in [6.07, 6.45) is 6.38. The van der Waals surface area contributed by atoms with Crippen molar-refractivity contribution in [1.82, 2.24) is 0 Å². The van der Waals surface area contributed by atoms with E-state index < -0.39 is 35.2 Å². The first-order chi connectivity index (χ1) is 12.8. The summed E-state index contributed by atoms with van der Waals surface area (Å²) in [4.78, 5) is 0. The molecule has 1 nitrogen and oxygen atoms in total. The lowest BCUT2D eigenvalue weighted by molar-refractivity contribution is -0.224. The van der Waals surface area contributed by atoms with Crippen LogP contribution in [0.2, 0.25) is 0 Å². The summed E-state index contributed by atoms with van der Waals surface area (Å²) in [7, 11) is 0. The van der Waals surface area contributed by atoms with E-state index in [9.17, 15) is 22.0 Å². The van der Waals surface area contributed by atoms with Gasteiger partial charge in [-0.2, -0.15) is 8.78 Å². The van der Waals surface area contributed by atoms with Crippen molar-refractivity contribution in [2.75, 3.05) is 0 Å². The van der Waals surface area contributed by atoms with Crippen molar-refractivity contribution in [2.45, 2.75) is 77.7 Å². The molecule has 0 saturated heterocycles. The molecular weight excluding hydrogens is 375 g/mol. The van der Waals surface area contributed by atoms with Crippen molar-refractivity contribution in [1.29, 1.82) is 0 Å². The van der Waals surface area contributed by atoms with Crippen molar-refractivity contribution in [3.8, 4) is 5.75 Å². The van der Waals surface area contributed by atoms with Gasteiger partial charge in [-0.15, -0.1) is 0 Å². The summed E-state index contributed by atoms with van der Waals surface area (Å²) < 4.78 is 73.0. The maximum Gasteiger partial charge on any atom is 0.400 e. The summed E-state index contributed by atoms with van der Waals surface area (Å²) in [5.74, 6) is -5.28. The fourth-order valence-electron chi connectivity index (χ4n) is 5.16. The highest BCUT2D eigenvalue weighted by atomic mass is 19.3. The van der Waals surface area contributed by atoms with E-state index in [0.717, 1.165) is 12.8 Å². The molecule has 3 fully saturated rings. The van der Waals surface area contributed by atoms with Gasteiger partial charge in [-0.1, -0.05) is 7.43 Å². The Hall–Kier alpha value is -1.33. The lowest BCUT2D eigenvalue weighted by Gasteiger charge is -2.39. The van der Waals surface area contributed by atoms with Crippen LogP contribution in [0.4, 0.5) is 22.0 Å². The number of ether oxygens (including phenoxy) is 1. The van der Waals surface area contributed by atoms with Gasteiger partial charge in [0, 0.05) is 15.0 Å². The Morgan fingerprint density at radius 1 is 0.821 bits per heavy atom. The van der Waals surface area contributed by atoms with Crippen LogP contribution in [0.15, 0.2) is 12.1 Å². The second-order valence-corrected chi connectivity index (χ2v) is 8.81. The quantitative estimate of drug-likeness (QED) is 0.362.